The first-order valence-corrected chi connectivity index (χ1v) is 6.74. The van der Waals surface area contributed by atoms with Crippen LogP contribution >= 0.6 is 23.1 Å². The molecule has 18 heavy (non-hydrogen) atoms. The average molecular weight is 294 g/mol. The lowest BCUT2D eigenvalue weighted by Gasteiger charge is -2.06. The van der Waals surface area contributed by atoms with Crippen LogP contribution in [-0.4, -0.2) is 22.0 Å². The van der Waals surface area contributed by atoms with Crippen LogP contribution in [-0.2, 0) is 0 Å². The Balaban J connectivity index is 2.14. The molecule has 0 aliphatic carbocycles. The molecule has 0 aliphatic heterocycles. The number of nitrogen functional groups attached to an aromatic ring is 1. The van der Waals surface area contributed by atoms with Crippen LogP contribution in [0.5, 0.6) is 5.75 Å². The summed E-state index contributed by atoms with van der Waals surface area (Å²) in [6.45, 7) is 0. The molecule has 0 bridgehead atoms. The number of aromatic hydroxyl groups is 1. The molecule has 0 atom stereocenters. The second-order valence-corrected chi connectivity index (χ2v) is 5.79. The van der Waals surface area contributed by atoms with E-state index in [-0.39, 0.29) is 11.5 Å². The number of fused-ring (bicyclic) bond motifs is 1. The maximum absolute atomic E-state index is 12.0. The van der Waals surface area contributed by atoms with Gasteiger partial charge in [0.25, 0.3) is 0 Å². The highest BCUT2D eigenvalue weighted by molar-refractivity contribution is 7.99. The summed E-state index contributed by atoms with van der Waals surface area (Å²) in [5.41, 5.74) is 5.89. The predicted octanol–water partition coefficient (Wildman–Crippen LogP) is 3.63. The second kappa shape index (κ2) is 4.85. The van der Waals surface area contributed by atoms with Gasteiger partial charge in [-0.3, -0.25) is 0 Å². The van der Waals surface area contributed by atoms with E-state index in [0.717, 1.165) is 11.8 Å². The van der Waals surface area contributed by atoms with Crippen molar-refractivity contribution in [1.82, 2.24) is 4.98 Å². The minimum absolute atomic E-state index is 0.0602. The topological polar surface area (TPSA) is 59.1 Å². The molecule has 0 aliphatic rings. The van der Waals surface area contributed by atoms with Crippen LogP contribution in [0.15, 0.2) is 17.0 Å². The molecule has 1 heterocycles. The van der Waals surface area contributed by atoms with Gasteiger partial charge in [0, 0.05) is 10.6 Å². The summed E-state index contributed by atoms with van der Waals surface area (Å²) in [6, 6.07) is 3.09. The van der Waals surface area contributed by atoms with Gasteiger partial charge in [-0.1, -0.05) is 11.3 Å². The molecule has 0 amide bonds. The lowest BCUT2D eigenvalue weighted by atomic mass is 10.3. The van der Waals surface area contributed by atoms with Crippen LogP contribution in [0.3, 0.4) is 0 Å². The first-order chi connectivity index (χ1) is 8.35. The Morgan fingerprint density at radius 3 is 2.78 bits per heavy atom. The van der Waals surface area contributed by atoms with Crippen molar-refractivity contribution in [2.45, 2.75) is 17.5 Å². The predicted molar refractivity (Wildman–Crippen MR) is 67.1 cm³/mol. The van der Waals surface area contributed by atoms with Crippen molar-refractivity contribution >= 4 is 38.4 Å². The lowest BCUT2D eigenvalue weighted by molar-refractivity contribution is -0.129. The summed E-state index contributed by atoms with van der Waals surface area (Å²) in [5.74, 6) is -0.141. The number of hydrogen-bond donors (Lipinski definition) is 2. The highest BCUT2D eigenvalue weighted by Crippen LogP contribution is 2.36. The molecule has 8 heteroatoms. The first kappa shape index (κ1) is 13.3. The number of hydrogen-bond acceptors (Lipinski definition) is 5. The molecule has 0 fully saturated rings. The Morgan fingerprint density at radius 1 is 1.39 bits per heavy atom. The monoisotopic (exact) mass is 294 g/mol. The van der Waals surface area contributed by atoms with Gasteiger partial charge in [-0.05, 0) is 12.1 Å². The zero-order valence-electron chi connectivity index (χ0n) is 8.99. The molecular weight excluding hydrogens is 285 g/mol. The molecule has 98 valence electrons. The van der Waals surface area contributed by atoms with Gasteiger partial charge in [0.15, 0.2) is 5.13 Å². The fourth-order valence-corrected chi connectivity index (χ4v) is 3.21. The molecule has 3 nitrogen and oxygen atoms in total. The first-order valence-electron chi connectivity index (χ1n) is 4.94. The summed E-state index contributed by atoms with van der Waals surface area (Å²) in [5, 5.41) is 9.99. The number of phenols is 1. The molecule has 2 rings (SSSR count). The van der Waals surface area contributed by atoms with Crippen LogP contribution < -0.4 is 5.73 Å². The fraction of sp³-hybridized carbons (Fsp3) is 0.300. The third-order valence-corrected chi connectivity index (χ3v) is 3.93. The van der Waals surface area contributed by atoms with E-state index in [4.69, 9.17) is 5.73 Å². The van der Waals surface area contributed by atoms with Gasteiger partial charge in [0.2, 0.25) is 0 Å². The quantitative estimate of drug-likeness (QED) is 0.849. The van der Waals surface area contributed by atoms with Gasteiger partial charge in [-0.2, -0.15) is 13.2 Å². The normalized spacial score (nSPS) is 12.2. The fourth-order valence-electron chi connectivity index (χ4n) is 1.37. The van der Waals surface area contributed by atoms with Crippen LogP contribution in [0.4, 0.5) is 18.3 Å². The summed E-state index contributed by atoms with van der Waals surface area (Å²) >= 11 is 2.23. The number of rotatable bonds is 3. The van der Waals surface area contributed by atoms with Gasteiger partial charge >= 0.3 is 6.18 Å². The number of aromatic nitrogens is 1. The maximum Gasteiger partial charge on any atom is 0.389 e. The van der Waals surface area contributed by atoms with Gasteiger partial charge in [0.1, 0.15) is 11.3 Å². The van der Waals surface area contributed by atoms with E-state index in [1.165, 1.54) is 17.4 Å². The van der Waals surface area contributed by atoms with Gasteiger partial charge in [-0.25, -0.2) is 4.98 Å². The molecule has 0 spiro atoms. The summed E-state index contributed by atoms with van der Waals surface area (Å²) in [7, 11) is 0. The van der Waals surface area contributed by atoms with Crippen LogP contribution in [0.2, 0.25) is 0 Å². The van der Waals surface area contributed by atoms with Crippen molar-refractivity contribution in [3.63, 3.8) is 0 Å². The largest absolute Gasteiger partial charge is 0.506 e. The van der Waals surface area contributed by atoms with Crippen molar-refractivity contribution in [3.05, 3.63) is 12.1 Å². The molecular formula is C10H9F3N2OS2. The van der Waals surface area contributed by atoms with Crippen molar-refractivity contribution in [2.24, 2.45) is 0 Å². The van der Waals surface area contributed by atoms with Crippen molar-refractivity contribution in [3.8, 4) is 5.75 Å². The Hall–Kier alpha value is -1.15. The Labute approximate surface area is 109 Å². The SMILES string of the molecule is Nc1nc2c(O)cc(SCCC(F)(F)F)cc2s1. The molecule has 3 N–H and O–H groups in total. The Morgan fingerprint density at radius 2 is 2.11 bits per heavy atom. The van der Waals surface area contributed by atoms with Gasteiger partial charge in [0.05, 0.1) is 11.1 Å². The van der Waals surface area contributed by atoms with Crippen molar-refractivity contribution in [2.75, 3.05) is 11.5 Å². The average Bonchev–Trinajstić information content (AvgIpc) is 2.57. The number of thiazole rings is 1. The Bertz CT molecular complexity index is 568. The summed E-state index contributed by atoms with van der Waals surface area (Å²) in [6.07, 6.45) is -5.02. The number of anilines is 1. The summed E-state index contributed by atoms with van der Waals surface area (Å²) in [4.78, 5) is 4.51. The van der Waals surface area contributed by atoms with Crippen molar-refractivity contribution < 1.29 is 18.3 Å². The number of halogens is 3. The highest BCUT2D eigenvalue weighted by atomic mass is 32.2. The highest BCUT2D eigenvalue weighted by Gasteiger charge is 2.26. The van der Waals surface area contributed by atoms with E-state index in [1.807, 2.05) is 0 Å². The van der Waals surface area contributed by atoms with E-state index in [9.17, 15) is 18.3 Å². The Kier molecular flexibility index (Phi) is 3.58. The second-order valence-electron chi connectivity index (χ2n) is 3.55. The van der Waals surface area contributed by atoms with E-state index in [1.54, 1.807) is 6.07 Å². The van der Waals surface area contributed by atoms with E-state index < -0.39 is 12.6 Å². The summed E-state index contributed by atoms with van der Waals surface area (Å²) < 4.78 is 36.7. The molecule has 0 saturated carbocycles. The number of nitrogens with zero attached hydrogens (tertiary/aromatic N) is 1. The number of benzene rings is 1. The molecule has 1 aromatic carbocycles. The standard InChI is InChI=1S/C10H9F3N2OS2/c11-10(12,13)1-2-17-5-3-6(16)8-7(4-5)18-9(14)15-8/h3-4,16H,1-2H2,(H2,14,15). The third-order valence-electron chi connectivity index (χ3n) is 2.12. The number of thioether (sulfide) groups is 1. The van der Waals surface area contributed by atoms with Crippen molar-refractivity contribution in [1.29, 1.82) is 0 Å². The number of nitrogens with two attached hydrogens (primary N) is 1. The maximum atomic E-state index is 12.0. The number of phenolic OH excluding ortho intramolecular Hbond substituents is 1. The van der Waals surface area contributed by atoms with Gasteiger partial charge < -0.3 is 10.8 Å². The van der Waals surface area contributed by atoms with Crippen LogP contribution in [0.1, 0.15) is 6.42 Å². The van der Waals surface area contributed by atoms with Crippen LogP contribution in [0.25, 0.3) is 10.2 Å². The zero-order chi connectivity index (χ0) is 13.3. The molecule has 1 aromatic heterocycles. The smallest absolute Gasteiger partial charge is 0.389 e. The molecule has 0 saturated heterocycles. The minimum Gasteiger partial charge on any atom is -0.506 e. The zero-order valence-corrected chi connectivity index (χ0v) is 10.6. The lowest BCUT2D eigenvalue weighted by Crippen LogP contribution is -2.07. The van der Waals surface area contributed by atoms with E-state index in [2.05, 4.69) is 4.98 Å². The molecule has 0 unspecified atom stereocenters. The minimum atomic E-state index is -4.16. The molecule has 2 aromatic rings. The van der Waals surface area contributed by atoms with E-state index in [0.29, 0.717) is 20.2 Å². The van der Waals surface area contributed by atoms with Gasteiger partial charge in [-0.15, -0.1) is 11.8 Å². The van der Waals surface area contributed by atoms with E-state index >= 15 is 0 Å². The number of alkyl halides is 3. The molecule has 0 radical (unpaired) electrons. The van der Waals surface area contributed by atoms with Crippen LogP contribution in [0, 0.1) is 0 Å². The third kappa shape index (κ3) is 3.20.